The average Bonchev–Trinajstić information content (AvgIpc) is 3.13. The number of likely N-dealkylation sites (N-methyl/N-ethyl adjacent to an activating group) is 1. The first-order valence-corrected chi connectivity index (χ1v) is 8.58. The molecule has 26 heavy (non-hydrogen) atoms. The maximum atomic E-state index is 12.9. The highest BCUT2D eigenvalue weighted by molar-refractivity contribution is 6.30. The molecule has 0 saturated carbocycles. The molecule has 0 N–H and O–H groups in total. The van der Waals surface area contributed by atoms with Crippen LogP contribution in [0.3, 0.4) is 0 Å². The molecule has 136 valence electrons. The molecule has 0 aliphatic carbocycles. The van der Waals surface area contributed by atoms with Crippen molar-refractivity contribution in [2.75, 3.05) is 20.2 Å². The van der Waals surface area contributed by atoms with Crippen LogP contribution >= 0.6 is 11.6 Å². The summed E-state index contributed by atoms with van der Waals surface area (Å²) in [4.78, 5) is 2.04. The number of halogens is 2. The van der Waals surface area contributed by atoms with Crippen LogP contribution in [-0.4, -0.2) is 35.3 Å². The van der Waals surface area contributed by atoms with Gasteiger partial charge in [0.25, 0.3) is 0 Å². The van der Waals surface area contributed by atoms with E-state index in [1.54, 1.807) is 24.3 Å². The standard InChI is InChI=1S/C19H19ClFN3O2/c1-13(24(2)10-11-25-17-8-6-16(21)7-9-17)18-22-23-19(26-18)14-4-3-5-15(20)12-14/h3-9,12-13H,10-11H2,1-2H3/t13-/m1/s1. The van der Waals surface area contributed by atoms with E-state index in [2.05, 4.69) is 10.2 Å². The Balaban J connectivity index is 1.56. The second-order valence-electron chi connectivity index (χ2n) is 5.91. The normalized spacial score (nSPS) is 12.3. The van der Waals surface area contributed by atoms with Crippen LogP contribution in [0.25, 0.3) is 11.5 Å². The molecule has 0 unspecified atom stereocenters. The lowest BCUT2D eigenvalue weighted by Crippen LogP contribution is -2.27. The van der Waals surface area contributed by atoms with Crippen LogP contribution in [0, 0.1) is 5.82 Å². The van der Waals surface area contributed by atoms with Crippen molar-refractivity contribution >= 4 is 11.6 Å². The SMILES string of the molecule is C[C@H](c1nnc(-c2cccc(Cl)c2)o1)N(C)CCOc1ccc(F)cc1. The number of aromatic nitrogens is 2. The maximum absolute atomic E-state index is 12.9. The van der Waals surface area contributed by atoms with Gasteiger partial charge in [-0.2, -0.15) is 0 Å². The number of hydrogen-bond donors (Lipinski definition) is 0. The summed E-state index contributed by atoms with van der Waals surface area (Å²) in [5.41, 5.74) is 0.783. The lowest BCUT2D eigenvalue weighted by molar-refractivity contribution is 0.182. The fraction of sp³-hybridized carbons (Fsp3) is 0.263. The zero-order valence-electron chi connectivity index (χ0n) is 14.5. The second kappa shape index (κ2) is 8.29. The largest absolute Gasteiger partial charge is 0.492 e. The van der Waals surface area contributed by atoms with E-state index in [0.717, 1.165) is 5.56 Å². The smallest absolute Gasteiger partial charge is 0.247 e. The van der Waals surface area contributed by atoms with Crippen molar-refractivity contribution in [2.45, 2.75) is 13.0 Å². The summed E-state index contributed by atoms with van der Waals surface area (Å²) in [5.74, 6) is 1.30. The van der Waals surface area contributed by atoms with Crippen molar-refractivity contribution in [1.29, 1.82) is 0 Å². The predicted octanol–water partition coefficient (Wildman–Crippen LogP) is 4.60. The Morgan fingerprint density at radius 1 is 1.19 bits per heavy atom. The first kappa shape index (κ1) is 18.4. The first-order valence-electron chi connectivity index (χ1n) is 8.21. The van der Waals surface area contributed by atoms with Crippen LogP contribution in [0.1, 0.15) is 18.9 Å². The van der Waals surface area contributed by atoms with E-state index in [4.69, 9.17) is 20.8 Å². The van der Waals surface area contributed by atoms with E-state index in [0.29, 0.717) is 35.7 Å². The van der Waals surface area contributed by atoms with E-state index >= 15 is 0 Å². The van der Waals surface area contributed by atoms with Crippen LogP contribution in [0.2, 0.25) is 5.02 Å². The lowest BCUT2D eigenvalue weighted by Gasteiger charge is -2.21. The van der Waals surface area contributed by atoms with Crippen molar-refractivity contribution in [3.05, 3.63) is 65.3 Å². The van der Waals surface area contributed by atoms with E-state index in [-0.39, 0.29) is 11.9 Å². The molecular formula is C19H19ClFN3O2. The van der Waals surface area contributed by atoms with E-state index in [9.17, 15) is 4.39 Å². The Hall–Kier alpha value is -2.44. The van der Waals surface area contributed by atoms with Gasteiger partial charge in [-0.25, -0.2) is 4.39 Å². The predicted molar refractivity (Wildman–Crippen MR) is 97.7 cm³/mol. The minimum atomic E-state index is -0.282. The molecule has 7 heteroatoms. The molecule has 0 aliphatic rings. The number of ether oxygens (including phenoxy) is 1. The summed E-state index contributed by atoms with van der Waals surface area (Å²) in [6.07, 6.45) is 0. The van der Waals surface area contributed by atoms with Gasteiger partial charge < -0.3 is 9.15 Å². The highest BCUT2D eigenvalue weighted by Crippen LogP contribution is 2.25. The Morgan fingerprint density at radius 2 is 1.96 bits per heavy atom. The molecule has 1 atom stereocenters. The van der Waals surface area contributed by atoms with Crippen molar-refractivity contribution < 1.29 is 13.5 Å². The molecule has 0 fully saturated rings. The van der Waals surface area contributed by atoms with Crippen LogP contribution in [-0.2, 0) is 0 Å². The Bertz CT molecular complexity index is 854. The number of hydrogen-bond acceptors (Lipinski definition) is 5. The molecule has 0 bridgehead atoms. The first-order chi connectivity index (χ1) is 12.5. The minimum Gasteiger partial charge on any atom is -0.492 e. The third kappa shape index (κ3) is 4.59. The molecule has 1 heterocycles. The van der Waals surface area contributed by atoms with Gasteiger partial charge in [0.05, 0.1) is 6.04 Å². The van der Waals surface area contributed by atoms with Crippen molar-refractivity contribution in [3.63, 3.8) is 0 Å². The fourth-order valence-electron chi connectivity index (χ4n) is 2.36. The number of rotatable bonds is 7. The third-order valence-electron chi connectivity index (χ3n) is 4.06. The van der Waals surface area contributed by atoms with Gasteiger partial charge >= 0.3 is 0 Å². The monoisotopic (exact) mass is 375 g/mol. The second-order valence-corrected chi connectivity index (χ2v) is 6.35. The van der Waals surface area contributed by atoms with Crippen LogP contribution < -0.4 is 4.74 Å². The van der Waals surface area contributed by atoms with Gasteiger partial charge in [-0.15, -0.1) is 10.2 Å². The molecule has 5 nitrogen and oxygen atoms in total. The van der Waals surface area contributed by atoms with Crippen LogP contribution in [0.4, 0.5) is 4.39 Å². The van der Waals surface area contributed by atoms with Gasteiger partial charge in [0.2, 0.25) is 11.8 Å². The van der Waals surface area contributed by atoms with Gasteiger partial charge in [0, 0.05) is 17.1 Å². The van der Waals surface area contributed by atoms with E-state index < -0.39 is 0 Å². The van der Waals surface area contributed by atoms with Gasteiger partial charge in [0.1, 0.15) is 18.2 Å². The molecule has 0 amide bonds. The number of nitrogens with zero attached hydrogens (tertiary/aromatic N) is 3. The summed E-state index contributed by atoms with van der Waals surface area (Å²) in [5, 5.41) is 8.85. The van der Waals surface area contributed by atoms with Crippen LogP contribution in [0.15, 0.2) is 52.9 Å². The molecule has 1 aromatic heterocycles. The fourth-order valence-corrected chi connectivity index (χ4v) is 2.55. The summed E-state index contributed by atoms with van der Waals surface area (Å²) in [6, 6.07) is 13.2. The quantitative estimate of drug-likeness (QED) is 0.604. The Kier molecular flexibility index (Phi) is 5.85. The molecule has 0 saturated heterocycles. The molecule has 0 radical (unpaired) electrons. The van der Waals surface area contributed by atoms with Gasteiger partial charge in [-0.1, -0.05) is 17.7 Å². The van der Waals surface area contributed by atoms with Gasteiger partial charge in [0.15, 0.2) is 0 Å². The van der Waals surface area contributed by atoms with Gasteiger partial charge in [-0.3, -0.25) is 4.90 Å². The molecule has 2 aromatic carbocycles. The maximum Gasteiger partial charge on any atom is 0.247 e. The molecular weight excluding hydrogens is 357 g/mol. The van der Waals surface area contributed by atoms with Crippen molar-refractivity contribution in [1.82, 2.24) is 15.1 Å². The summed E-state index contributed by atoms with van der Waals surface area (Å²) < 4.78 is 24.3. The molecule has 0 aliphatic heterocycles. The van der Waals surface area contributed by atoms with Crippen molar-refractivity contribution in [3.8, 4) is 17.2 Å². The Labute approximate surface area is 156 Å². The van der Waals surface area contributed by atoms with E-state index in [1.807, 2.05) is 31.0 Å². The zero-order chi connectivity index (χ0) is 18.5. The minimum absolute atomic E-state index is 0.0766. The zero-order valence-corrected chi connectivity index (χ0v) is 15.3. The highest BCUT2D eigenvalue weighted by atomic mass is 35.5. The van der Waals surface area contributed by atoms with Crippen molar-refractivity contribution in [2.24, 2.45) is 0 Å². The van der Waals surface area contributed by atoms with E-state index in [1.165, 1.54) is 12.1 Å². The third-order valence-corrected chi connectivity index (χ3v) is 4.29. The lowest BCUT2D eigenvalue weighted by atomic mass is 10.2. The number of benzene rings is 2. The van der Waals surface area contributed by atoms with Crippen LogP contribution in [0.5, 0.6) is 5.75 Å². The topological polar surface area (TPSA) is 51.4 Å². The average molecular weight is 376 g/mol. The molecule has 3 rings (SSSR count). The molecule has 0 spiro atoms. The highest BCUT2D eigenvalue weighted by Gasteiger charge is 2.19. The summed E-state index contributed by atoms with van der Waals surface area (Å²) >= 11 is 6.00. The van der Waals surface area contributed by atoms with Gasteiger partial charge in [-0.05, 0) is 56.4 Å². The summed E-state index contributed by atoms with van der Waals surface area (Å²) in [6.45, 7) is 3.09. The molecule has 3 aromatic rings. The summed E-state index contributed by atoms with van der Waals surface area (Å²) in [7, 11) is 1.95. The Morgan fingerprint density at radius 3 is 2.69 bits per heavy atom.